The van der Waals surface area contributed by atoms with Gasteiger partial charge >= 0.3 is 5.97 Å². The first-order valence-electron chi connectivity index (χ1n) is 6.58. The van der Waals surface area contributed by atoms with Crippen LogP contribution in [0.2, 0.25) is 0 Å². The van der Waals surface area contributed by atoms with Crippen LogP contribution in [0.3, 0.4) is 0 Å². The van der Waals surface area contributed by atoms with E-state index < -0.39 is 17.7 Å². The van der Waals surface area contributed by atoms with Gasteiger partial charge in [0.25, 0.3) is 5.91 Å². The van der Waals surface area contributed by atoms with E-state index in [0.717, 1.165) is 10.9 Å². The Balaban J connectivity index is 1.93. The molecule has 5 nitrogen and oxygen atoms in total. The average Bonchev–Trinajstić information content (AvgIpc) is 2.85. The Morgan fingerprint density at radius 2 is 2.18 bits per heavy atom. The molecule has 1 aromatic heterocycles. The zero-order valence-electron chi connectivity index (χ0n) is 11.4. The van der Waals surface area contributed by atoms with E-state index in [-0.39, 0.29) is 16.1 Å². The van der Waals surface area contributed by atoms with Crippen LogP contribution in [0.4, 0.5) is 9.39 Å². The van der Waals surface area contributed by atoms with Crippen molar-refractivity contribution >= 4 is 28.2 Å². The molecule has 0 fully saturated rings. The van der Waals surface area contributed by atoms with Crippen LogP contribution >= 0.6 is 11.3 Å². The van der Waals surface area contributed by atoms with Crippen molar-refractivity contribution in [2.75, 3.05) is 11.9 Å². The normalized spacial score (nSPS) is 13.5. The zero-order chi connectivity index (χ0) is 15.7. The van der Waals surface area contributed by atoms with Crippen molar-refractivity contribution in [2.24, 2.45) is 0 Å². The van der Waals surface area contributed by atoms with E-state index >= 15 is 0 Å². The van der Waals surface area contributed by atoms with E-state index in [2.05, 4.69) is 5.32 Å². The maximum absolute atomic E-state index is 13.2. The first-order valence-corrected chi connectivity index (χ1v) is 7.40. The van der Waals surface area contributed by atoms with E-state index in [0.29, 0.717) is 25.2 Å². The number of thiophene rings is 1. The minimum absolute atomic E-state index is 0.105. The van der Waals surface area contributed by atoms with Crippen molar-refractivity contribution in [3.63, 3.8) is 0 Å². The van der Waals surface area contributed by atoms with Crippen molar-refractivity contribution in [1.29, 1.82) is 0 Å². The van der Waals surface area contributed by atoms with E-state index in [1.165, 1.54) is 29.5 Å². The fourth-order valence-electron chi connectivity index (χ4n) is 2.35. The van der Waals surface area contributed by atoms with Gasteiger partial charge in [-0.1, -0.05) is 6.07 Å². The third-order valence-corrected chi connectivity index (χ3v) is 4.47. The summed E-state index contributed by atoms with van der Waals surface area (Å²) in [5.74, 6) is -2.15. The zero-order valence-corrected chi connectivity index (χ0v) is 12.2. The lowest BCUT2D eigenvalue weighted by atomic mass is 10.1. The molecule has 3 rings (SSSR count). The second-order valence-electron chi connectivity index (χ2n) is 4.78. The van der Waals surface area contributed by atoms with Gasteiger partial charge in [-0.3, -0.25) is 4.79 Å². The predicted octanol–water partition coefficient (Wildman–Crippen LogP) is 2.91. The van der Waals surface area contributed by atoms with Gasteiger partial charge in [-0.25, -0.2) is 9.18 Å². The highest BCUT2D eigenvalue weighted by Gasteiger charge is 2.26. The van der Waals surface area contributed by atoms with E-state index in [1.54, 1.807) is 0 Å². The van der Waals surface area contributed by atoms with Gasteiger partial charge in [0.2, 0.25) is 0 Å². The number of rotatable bonds is 3. The second kappa shape index (κ2) is 5.86. The summed E-state index contributed by atoms with van der Waals surface area (Å²) in [5.41, 5.74) is 0.949. The number of nitrogens with one attached hydrogen (secondary N) is 1. The number of carbonyl (C=O) groups is 2. The van der Waals surface area contributed by atoms with Gasteiger partial charge in [-0.05, 0) is 30.2 Å². The molecular formula is C15H12FNO4S. The van der Waals surface area contributed by atoms with E-state index in [1.807, 2.05) is 0 Å². The topological polar surface area (TPSA) is 75.6 Å². The summed E-state index contributed by atoms with van der Waals surface area (Å²) in [4.78, 5) is 24.4. The Morgan fingerprint density at radius 3 is 2.91 bits per heavy atom. The summed E-state index contributed by atoms with van der Waals surface area (Å²) in [6, 6.07) is 5.23. The molecule has 0 saturated heterocycles. The third-order valence-electron chi connectivity index (χ3n) is 3.35. The van der Waals surface area contributed by atoms with Crippen molar-refractivity contribution in [2.45, 2.75) is 13.0 Å². The predicted molar refractivity (Wildman–Crippen MR) is 79.0 cm³/mol. The molecule has 2 aromatic rings. The number of hydrogen-bond acceptors (Lipinski definition) is 4. The molecular weight excluding hydrogens is 309 g/mol. The summed E-state index contributed by atoms with van der Waals surface area (Å²) in [5, 5.41) is 12.2. The summed E-state index contributed by atoms with van der Waals surface area (Å²) in [6.45, 7) is 0.803. The second-order valence-corrected chi connectivity index (χ2v) is 5.89. The summed E-state index contributed by atoms with van der Waals surface area (Å²) in [7, 11) is 0. The number of carbonyl (C=O) groups excluding carboxylic acids is 1. The number of carboxylic acids is 1. The molecule has 1 aromatic carbocycles. The number of aromatic carboxylic acids is 1. The van der Waals surface area contributed by atoms with Crippen LogP contribution in [0, 0.1) is 5.82 Å². The maximum Gasteiger partial charge on any atom is 0.339 e. The van der Waals surface area contributed by atoms with Gasteiger partial charge < -0.3 is 15.2 Å². The highest BCUT2D eigenvalue weighted by atomic mass is 32.1. The fourth-order valence-corrected chi connectivity index (χ4v) is 3.52. The number of anilines is 1. The first kappa shape index (κ1) is 14.7. The minimum atomic E-state index is -1.09. The quantitative estimate of drug-likeness (QED) is 0.911. The molecule has 7 heteroatoms. The van der Waals surface area contributed by atoms with E-state index in [9.17, 15) is 19.1 Å². The Bertz CT molecular complexity index is 756. The van der Waals surface area contributed by atoms with E-state index in [4.69, 9.17) is 4.74 Å². The highest BCUT2D eigenvalue weighted by Crippen LogP contribution is 2.36. The number of carboxylic acid groups (broad SMARTS) is 1. The van der Waals surface area contributed by atoms with Gasteiger partial charge in [0, 0.05) is 10.4 Å². The molecule has 0 aliphatic carbocycles. The Morgan fingerprint density at radius 1 is 1.36 bits per heavy atom. The largest absolute Gasteiger partial charge is 0.478 e. The van der Waals surface area contributed by atoms with Crippen LogP contribution in [0.25, 0.3) is 0 Å². The number of amides is 1. The van der Waals surface area contributed by atoms with Crippen LogP contribution < -0.4 is 5.32 Å². The summed E-state index contributed by atoms with van der Waals surface area (Å²) >= 11 is 1.19. The van der Waals surface area contributed by atoms with Gasteiger partial charge in [0.1, 0.15) is 10.8 Å². The monoisotopic (exact) mass is 321 g/mol. The molecule has 2 N–H and O–H groups in total. The van der Waals surface area contributed by atoms with Crippen LogP contribution in [-0.4, -0.2) is 23.6 Å². The molecule has 22 heavy (non-hydrogen) atoms. The highest BCUT2D eigenvalue weighted by molar-refractivity contribution is 7.17. The first-order chi connectivity index (χ1) is 10.6. The van der Waals surface area contributed by atoms with Crippen molar-refractivity contribution < 1.29 is 23.8 Å². The SMILES string of the molecule is O=C(Nc1sc2c(c1C(=O)O)CCOC2)c1cccc(F)c1. The molecule has 114 valence electrons. The van der Waals surface area contributed by atoms with Gasteiger partial charge in [-0.15, -0.1) is 11.3 Å². The average molecular weight is 321 g/mol. The van der Waals surface area contributed by atoms with Gasteiger partial charge in [0.15, 0.2) is 0 Å². The molecule has 1 amide bonds. The molecule has 0 spiro atoms. The molecule has 0 atom stereocenters. The minimum Gasteiger partial charge on any atom is -0.478 e. The van der Waals surface area contributed by atoms with Crippen molar-refractivity contribution in [3.05, 3.63) is 51.7 Å². The molecule has 0 bridgehead atoms. The molecule has 2 heterocycles. The lowest BCUT2D eigenvalue weighted by molar-refractivity contribution is 0.0693. The van der Waals surface area contributed by atoms with Crippen LogP contribution in [0.1, 0.15) is 31.2 Å². The standard InChI is InChI=1S/C15H12FNO4S/c16-9-3-1-2-8(6-9)13(18)17-14-12(15(19)20)10-4-5-21-7-11(10)22-14/h1-3,6H,4-5,7H2,(H,17,18)(H,19,20). The van der Waals surface area contributed by atoms with Gasteiger partial charge in [-0.2, -0.15) is 0 Å². The molecule has 0 saturated carbocycles. The summed E-state index contributed by atoms with van der Waals surface area (Å²) < 4.78 is 18.5. The van der Waals surface area contributed by atoms with Gasteiger partial charge in [0.05, 0.1) is 18.8 Å². The Kier molecular flexibility index (Phi) is 3.91. The summed E-state index contributed by atoms with van der Waals surface area (Å²) in [6.07, 6.45) is 0.503. The number of halogens is 1. The van der Waals surface area contributed by atoms with Crippen molar-refractivity contribution in [3.8, 4) is 0 Å². The Hall–Kier alpha value is -2.25. The smallest absolute Gasteiger partial charge is 0.339 e. The molecule has 0 radical (unpaired) electrons. The number of fused-ring (bicyclic) bond motifs is 1. The lowest BCUT2D eigenvalue weighted by Gasteiger charge is -2.12. The van der Waals surface area contributed by atoms with Crippen molar-refractivity contribution in [1.82, 2.24) is 0 Å². The third kappa shape index (κ3) is 2.72. The van der Waals surface area contributed by atoms with Crippen LogP contribution in [0.15, 0.2) is 24.3 Å². The molecule has 0 unspecified atom stereocenters. The number of benzene rings is 1. The number of ether oxygens (including phenoxy) is 1. The lowest BCUT2D eigenvalue weighted by Crippen LogP contribution is -2.15. The maximum atomic E-state index is 13.2. The van der Waals surface area contributed by atoms with Crippen LogP contribution in [-0.2, 0) is 17.8 Å². The van der Waals surface area contributed by atoms with Crippen LogP contribution in [0.5, 0.6) is 0 Å². The molecule has 1 aliphatic rings. The number of hydrogen-bond donors (Lipinski definition) is 2. The molecule has 1 aliphatic heterocycles. The Labute approximate surface area is 129 Å². The fraction of sp³-hybridized carbons (Fsp3) is 0.200.